The first-order valence-electron chi connectivity index (χ1n) is 8.62. The minimum Gasteiger partial charge on any atom is -0.462 e. The SMILES string of the molecule is CCCCCOC(=O)c1cc(-c2ccc(Br)cc2)nc2ccc(Br)cc12. The molecular formula is C21H19Br2NO2. The number of aromatic nitrogens is 1. The molecule has 0 unspecified atom stereocenters. The summed E-state index contributed by atoms with van der Waals surface area (Å²) in [7, 11) is 0. The van der Waals surface area contributed by atoms with Gasteiger partial charge in [0.2, 0.25) is 0 Å². The van der Waals surface area contributed by atoms with Crippen LogP contribution < -0.4 is 0 Å². The molecule has 1 aromatic heterocycles. The van der Waals surface area contributed by atoms with Gasteiger partial charge in [0.05, 0.1) is 23.4 Å². The summed E-state index contributed by atoms with van der Waals surface area (Å²) >= 11 is 6.92. The van der Waals surface area contributed by atoms with Crippen molar-refractivity contribution < 1.29 is 9.53 Å². The summed E-state index contributed by atoms with van der Waals surface area (Å²) in [5, 5.41) is 0.792. The number of ether oxygens (including phenoxy) is 1. The van der Waals surface area contributed by atoms with Crippen molar-refractivity contribution in [1.29, 1.82) is 0 Å². The molecular weight excluding hydrogens is 458 g/mol. The van der Waals surface area contributed by atoms with Crippen molar-refractivity contribution in [2.75, 3.05) is 6.61 Å². The topological polar surface area (TPSA) is 39.2 Å². The van der Waals surface area contributed by atoms with Crippen LogP contribution in [0.15, 0.2) is 57.5 Å². The van der Waals surface area contributed by atoms with Gasteiger partial charge in [0, 0.05) is 19.9 Å². The van der Waals surface area contributed by atoms with Gasteiger partial charge in [-0.05, 0) is 42.8 Å². The van der Waals surface area contributed by atoms with Gasteiger partial charge in [-0.25, -0.2) is 9.78 Å². The van der Waals surface area contributed by atoms with Crippen LogP contribution in [-0.2, 0) is 4.74 Å². The van der Waals surface area contributed by atoms with Gasteiger partial charge in [0.1, 0.15) is 0 Å². The van der Waals surface area contributed by atoms with Gasteiger partial charge in [-0.3, -0.25) is 0 Å². The molecule has 2 aromatic carbocycles. The van der Waals surface area contributed by atoms with Crippen LogP contribution in [0.5, 0.6) is 0 Å². The molecule has 0 aliphatic rings. The Balaban J connectivity index is 2.02. The number of unbranched alkanes of at least 4 members (excludes halogenated alkanes) is 2. The number of hydrogen-bond donors (Lipinski definition) is 0. The van der Waals surface area contributed by atoms with Crippen molar-refractivity contribution in [2.45, 2.75) is 26.2 Å². The number of carbonyl (C=O) groups excluding carboxylic acids is 1. The highest BCUT2D eigenvalue weighted by atomic mass is 79.9. The molecule has 0 fully saturated rings. The Morgan fingerprint density at radius 2 is 1.73 bits per heavy atom. The van der Waals surface area contributed by atoms with E-state index in [2.05, 4.69) is 38.8 Å². The second-order valence-electron chi connectivity index (χ2n) is 6.07. The van der Waals surface area contributed by atoms with Crippen LogP contribution in [0, 0.1) is 0 Å². The minimum atomic E-state index is -0.301. The van der Waals surface area contributed by atoms with E-state index in [4.69, 9.17) is 9.72 Å². The number of benzene rings is 2. The lowest BCUT2D eigenvalue weighted by molar-refractivity contribution is 0.0500. The molecule has 3 nitrogen and oxygen atoms in total. The molecule has 0 amide bonds. The third kappa shape index (κ3) is 4.51. The van der Waals surface area contributed by atoms with E-state index in [0.29, 0.717) is 12.2 Å². The molecule has 1 heterocycles. The zero-order chi connectivity index (χ0) is 18.5. The van der Waals surface area contributed by atoms with Crippen LogP contribution in [0.4, 0.5) is 0 Å². The van der Waals surface area contributed by atoms with Crippen LogP contribution in [0.2, 0.25) is 0 Å². The van der Waals surface area contributed by atoms with E-state index in [-0.39, 0.29) is 5.97 Å². The first-order valence-corrected chi connectivity index (χ1v) is 10.2. The first kappa shape index (κ1) is 19.1. The third-order valence-electron chi connectivity index (χ3n) is 4.11. The van der Waals surface area contributed by atoms with Crippen molar-refractivity contribution in [1.82, 2.24) is 4.98 Å². The second kappa shape index (κ2) is 8.78. The molecule has 3 aromatic rings. The van der Waals surface area contributed by atoms with Gasteiger partial charge in [-0.1, -0.05) is 63.8 Å². The maximum atomic E-state index is 12.7. The standard InChI is InChI=1S/C21H19Br2NO2/c1-2-3-4-11-26-21(25)18-13-20(14-5-7-15(22)8-6-14)24-19-10-9-16(23)12-17(18)19/h5-10,12-13H,2-4,11H2,1H3. The Hall–Kier alpha value is -1.72. The quantitative estimate of drug-likeness (QED) is 0.291. The molecule has 0 saturated heterocycles. The Bertz CT molecular complexity index is 923. The van der Waals surface area contributed by atoms with E-state index in [1.165, 1.54) is 0 Å². The molecule has 0 atom stereocenters. The summed E-state index contributed by atoms with van der Waals surface area (Å²) in [4.78, 5) is 17.4. The van der Waals surface area contributed by atoms with Gasteiger partial charge in [0.25, 0.3) is 0 Å². The van der Waals surface area contributed by atoms with Crippen molar-refractivity contribution in [2.24, 2.45) is 0 Å². The average molecular weight is 477 g/mol. The van der Waals surface area contributed by atoms with E-state index >= 15 is 0 Å². The lowest BCUT2D eigenvalue weighted by atomic mass is 10.0. The molecule has 5 heteroatoms. The Morgan fingerprint density at radius 1 is 1.00 bits per heavy atom. The van der Waals surface area contributed by atoms with Crippen LogP contribution in [0.25, 0.3) is 22.2 Å². The molecule has 0 aliphatic heterocycles. The fraction of sp³-hybridized carbons (Fsp3) is 0.238. The highest BCUT2D eigenvalue weighted by Crippen LogP contribution is 2.28. The number of esters is 1. The van der Waals surface area contributed by atoms with E-state index in [0.717, 1.165) is 50.4 Å². The number of fused-ring (bicyclic) bond motifs is 1. The lowest BCUT2D eigenvalue weighted by Crippen LogP contribution is -2.08. The zero-order valence-electron chi connectivity index (χ0n) is 14.5. The normalized spacial score (nSPS) is 10.9. The van der Waals surface area contributed by atoms with Crippen molar-refractivity contribution in [3.8, 4) is 11.3 Å². The summed E-state index contributed by atoms with van der Waals surface area (Å²) in [6.45, 7) is 2.57. The monoisotopic (exact) mass is 475 g/mol. The minimum absolute atomic E-state index is 0.301. The molecule has 0 bridgehead atoms. The largest absolute Gasteiger partial charge is 0.462 e. The number of nitrogens with zero attached hydrogens (tertiary/aromatic N) is 1. The molecule has 0 radical (unpaired) electrons. The summed E-state index contributed by atoms with van der Waals surface area (Å²) in [5.41, 5.74) is 3.03. The first-order chi connectivity index (χ1) is 12.6. The van der Waals surface area contributed by atoms with Crippen LogP contribution in [0.1, 0.15) is 36.5 Å². The van der Waals surface area contributed by atoms with Crippen LogP contribution >= 0.6 is 31.9 Å². The molecule has 0 N–H and O–H groups in total. The number of pyridine rings is 1. The van der Waals surface area contributed by atoms with Crippen LogP contribution in [-0.4, -0.2) is 17.6 Å². The highest BCUT2D eigenvalue weighted by Gasteiger charge is 2.15. The predicted molar refractivity (Wildman–Crippen MR) is 112 cm³/mol. The summed E-state index contributed by atoms with van der Waals surface area (Å²) in [6.07, 6.45) is 3.03. The van der Waals surface area contributed by atoms with Crippen molar-refractivity contribution in [3.63, 3.8) is 0 Å². The Kier molecular flexibility index (Phi) is 6.43. The van der Waals surface area contributed by atoms with Crippen molar-refractivity contribution >= 4 is 48.7 Å². The number of halogens is 2. The fourth-order valence-corrected chi connectivity index (χ4v) is 3.36. The molecule has 0 saturated carbocycles. The summed E-state index contributed by atoms with van der Waals surface area (Å²) in [5.74, 6) is -0.301. The maximum absolute atomic E-state index is 12.7. The van der Waals surface area contributed by atoms with Crippen LogP contribution in [0.3, 0.4) is 0 Å². The van der Waals surface area contributed by atoms with Gasteiger partial charge >= 0.3 is 5.97 Å². The second-order valence-corrected chi connectivity index (χ2v) is 7.90. The molecule has 26 heavy (non-hydrogen) atoms. The Labute approximate surface area is 170 Å². The highest BCUT2D eigenvalue weighted by molar-refractivity contribution is 9.10. The summed E-state index contributed by atoms with van der Waals surface area (Å²) in [6, 6.07) is 15.5. The maximum Gasteiger partial charge on any atom is 0.338 e. The van der Waals surface area contributed by atoms with E-state index < -0.39 is 0 Å². The predicted octanol–water partition coefficient (Wildman–Crippen LogP) is 6.77. The fourth-order valence-electron chi connectivity index (χ4n) is 2.73. The van der Waals surface area contributed by atoms with E-state index in [9.17, 15) is 4.79 Å². The van der Waals surface area contributed by atoms with Gasteiger partial charge in [0.15, 0.2) is 0 Å². The number of hydrogen-bond acceptors (Lipinski definition) is 3. The molecule has 3 rings (SSSR count). The van der Waals surface area contributed by atoms with Crippen molar-refractivity contribution in [3.05, 3.63) is 63.0 Å². The van der Waals surface area contributed by atoms with E-state index in [1.807, 2.05) is 48.5 Å². The lowest BCUT2D eigenvalue weighted by Gasteiger charge is -2.11. The molecule has 0 spiro atoms. The zero-order valence-corrected chi connectivity index (χ0v) is 17.6. The summed E-state index contributed by atoms with van der Waals surface area (Å²) < 4.78 is 7.41. The Morgan fingerprint density at radius 3 is 2.46 bits per heavy atom. The van der Waals surface area contributed by atoms with E-state index in [1.54, 1.807) is 0 Å². The third-order valence-corrected chi connectivity index (χ3v) is 5.13. The van der Waals surface area contributed by atoms with Gasteiger partial charge < -0.3 is 4.74 Å². The van der Waals surface area contributed by atoms with Gasteiger partial charge in [-0.15, -0.1) is 0 Å². The number of carbonyl (C=O) groups is 1. The molecule has 134 valence electrons. The molecule has 0 aliphatic carbocycles. The number of rotatable bonds is 6. The van der Waals surface area contributed by atoms with Gasteiger partial charge in [-0.2, -0.15) is 0 Å². The smallest absolute Gasteiger partial charge is 0.338 e. The average Bonchev–Trinajstić information content (AvgIpc) is 2.65.